The maximum Gasteiger partial charge on any atom is 0.335 e. The number of carboxylic acids is 1. The summed E-state index contributed by atoms with van der Waals surface area (Å²) in [5, 5.41) is 9.11. The molecule has 0 saturated carbocycles. The predicted octanol–water partition coefficient (Wildman–Crippen LogP) is 2.11. The Bertz CT molecular complexity index is 639. The first-order valence-corrected chi connectivity index (χ1v) is 8.04. The first-order valence-electron chi connectivity index (χ1n) is 6.60. The molecule has 1 aliphatic heterocycles. The van der Waals surface area contributed by atoms with Gasteiger partial charge in [0.1, 0.15) is 0 Å². The lowest BCUT2D eigenvalue weighted by Gasteiger charge is -2.22. The van der Waals surface area contributed by atoms with Crippen LogP contribution in [-0.4, -0.2) is 36.4 Å². The van der Waals surface area contributed by atoms with Gasteiger partial charge in [0.05, 0.1) is 10.5 Å². The molecule has 1 heterocycles. The summed E-state index contributed by atoms with van der Waals surface area (Å²) in [6.45, 7) is 5.94. The Labute approximate surface area is 119 Å². The van der Waals surface area contributed by atoms with Crippen molar-refractivity contribution in [3.05, 3.63) is 29.3 Å². The van der Waals surface area contributed by atoms with Gasteiger partial charge in [-0.25, -0.2) is 13.2 Å². The molecule has 2 unspecified atom stereocenters. The van der Waals surface area contributed by atoms with Crippen LogP contribution < -0.4 is 0 Å². The highest BCUT2D eigenvalue weighted by Gasteiger charge is 2.37. The molecule has 0 bridgehead atoms. The lowest BCUT2D eigenvalue weighted by Crippen LogP contribution is -2.34. The van der Waals surface area contributed by atoms with Crippen molar-refractivity contribution in [1.82, 2.24) is 4.31 Å². The van der Waals surface area contributed by atoms with Gasteiger partial charge in [0.15, 0.2) is 0 Å². The van der Waals surface area contributed by atoms with Crippen molar-refractivity contribution in [2.75, 3.05) is 6.54 Å². The van der Waals surface area contributed by atoms with Crippen LogP contribution >= 0.6 is 0 Å². The quantitative estimate of drug-likeness (QED) is 0.927. The summed E-state index contributed by atoms with van der Waals surface area (Å²) in [6, 6.07) is 4.33. The third kappa shape index (κ3) is 2.45. The molecular formula is C14H19NO4S. The Morgan fingerprint density at radius 1 is 1.35 bits per heavy atom. The van der Waals surface area contributed by atoms with Crippen molar-refractivity contribution >= 4 is 16.0 Å². The summed E-state index contributed by atoms with van der Waals surface area (Å²) in [5.74, 6) is -0.787. The van der Waals surface area contributed by atoms with Crippen molar-refractivity contribution in [2.24, 2.45) is 5.92 Å². The third-order valence-corrected chi connectivity index (χ3v) is 5.95. The van der Waals surface area contributed by atoms with Crippen molar-refractivity contribution < 1.29 is 18.3 Å². The largest absolute Gasteiger partial charge is 0.478 e. The fraction of sp³-hybridized carbons (Fsp3) is 0.500. The molecule has 110 valence electrons. The van der Waals surface area contributed by atoms with Gasteiger partial charge in [-0.1, -0.05) is 13.0 Å². The predicted molar refractivity (Wildman–Crippen MR) is 75.3 cm³/mol. The molecular weight excluding hydrogens is 278 g/mol. The standard InChI is InChI=1S/C14H19NO4S/c1-9-7-10(2)15(8-9)20(18,19)13-6-4-5-12(11(13)3)14(16)17/h4-6,9-10H,7-8H2,1-3H3,(H,16,17). The number of hydrogen-bond acceptors (Lipinski definition) is 3. The molecule has 2 rings (SSSR count). The van der Waals surface area contributed by atoms with Gasteiger partial charge in [0, 0.05) is 12.6 Å². The molecule has 1 aliphatic rings. The minimum absolute atomic E-state index is 0.0333. The zero-order valence-electron chi connectivity index (χ0n) is 11.8. The van der Waals surface area contributed by atoms with Gasteiger partial charge in [0.25, 0.3) is 0 Å². The lowest BCUT2D eigenvalue weighted by atomic mass is 10.1. The minimum Gasteiger partial charge on any atom is -0.478 e. The Morgan fingerprint density at radius 3 is 2.50 bits per heavy atom. The molecule has 6 heteroatoms. The van der Waals surface area contributed by atoms with Gasteiger partial charge in [-0.3, -0.25) is 0 Å². The zero-order chi connectivity index (χ0) is 15.1. The molecule has 20 heavy (non-hydrogen) atoms. The number of carboxylic acid groups (broad SMARTS) is 1. The monoisotopic (exact) mass is 297 g/mol. The van der Waals surface area contributed by atoms with Crippen LogP contribution in [0, 0.1) is 12.8 Å². The van der Waals surface area contributed by atoms with Crippen LogP contribution in [-0.2, 0) is 10.0 Å². The fourth-order valence-electron chi connectivity index (χ4n) is 2.85. The third-order valence-electron chi connectivity index (χ3n) is 3.83. The molecule has 1 N–H and O–H groups in total. The SMILES string of the molecule is Cc1c(C(=O)O)cccc1S(=O)(=O)N1CC(C)CC1C. The highest BCUT2D eigenvalue weighted by atomic mass is 32.2. The average Bonchev–Trinajstić information content (AvgIpc) is 2.68. The van der Waals surface area contributed by atoms with E-state index in [0.29, 0.717) is 18.0 Å². The van der Waals surface area contributed by atoms with Crippen LogP contribution in [0.25, 0.3) is 0 Å². The molecule has 2 atom stereocenters. The second-order valence-electron chi connectivity index (χ2n) is 5.50. The summed E-state index contributed by atoms with van der Waals surface area (Å²) in [7, 11) is -3.64. The summed E-state index contributed by atoms with van der Waals surface area (Å²) in [6.07, 6.45) is 0.830. The molecule has 5 nitrogen and oxygen atoms in total. The Hall–Kier alpha value is -1.40. The second-order valence-corrected chi connectivity index (χ2v) is 7.36. The molecule has 0 aromatic heterocycles. The first kappa shape index (κ1) is 15.0. The van der Waals surface area contributed by atoms with Gasteiger partial charge < -0.3 is 5.11 Å². The molecule has 1 fully saturated rings. The molecule has 0 spiro atoms. The van der Waals surface area contributed by atoms with E-state index in [1.54, 1.807) is 6.92 Å². The lowest BCUT2D eigenvalue weighted by molar-refractivity contribution is 0.0696. The number of benzene rings is 1. The van der Waals surface area contributed by atoms with Crippen LogP contribution in [0.5, 0.6) is 0 Å². The number of carbonyl (C=O) groups is 1. The van der Waals surface area contributed by atoms with Crippen molar-refractivity contribution in [3.63, 3.8) is 0 Å². The van der Waals surface area contributed by atoms with E-state index in [0.717, 1.165) is 6.42 Å². The number of rotatable bonds is 3. The van der Waals surface area contributed by atoms with Crippen LogP contribution in [0.4, 0.5) is 0 Å². The molecule has 0 aliphatic carbocycles. The molecule has 0 amide bonds. The van der Waals surface area contributed by atoms with Crippen molar-refractivity contribution in [1.29, 1.82) is 0 Å². The van der Waals surface area contributed by atoms with Crippen LogP contribution in [0.1, 0.15) is 36.2 Å². The van der Waals surface area contributed by atoms with E-state index in [-0.39, 0.29) is 16.5 Å². The number of sulfonamides is 1. The van der Waals surface area contributed by atoms with E-state index in [2.05, 4.69) is 0 Å². The second kappa shape index (κ2) is 5.18. The maximum atomic E-state index is 12.7. The maximum absolute atomic E-state index is 12.7. The Balaban J connectivity index is 2.51. The van der Waals surface area contributed by atoms with Crippen molar-refractivity contribution in [3.8, 4) is 0 Å². The van der Waals surface area contributed by atoms with Gasteiger partial charge >= 0.3 is 5.97 Å². The molecule has 0 radical (unpaired) electrons. The minimum atomic E-state index is -3.64. The molecule has 1 aromatic rings. The fourth-order valence-corrected chi connectivity index (χ4v) is 4.86. The van der Waals surface area contributed by atoms with Crippen molar-refractivity contribution in [2.45, 2.75) is 38.1 Å². The number of nitrogens with zero attached hydrogens (tertiary/aromatic N) is 1. The Kier molecular flexibility index (Phi) is 3.88. The summed E-state index contributed by atoms with van der Waals surface area (Å²) in [4.78, 5) is 11.2. The van der Waals surface area contributed by atoms with Gasteiger partial charge in [-0.15, -0.1) is 0 Å². The molecule has 1 aromatic carbocycles. The highest BCUT2D eigenvalue weighted by molar-refractivity contribution is 7.89. The first-order chi connectivity index (χ1) is 9.25. The summed E-state index contributed by atoms with van der Waals surface area (Å²) >= 11 is 0. The van der Waals surface area contributed by atoms with Crippen LogP contribution in [0.3, 0.4) is 0 Å². The Morgan fingerprint density at radius 2 is 2.00 bits per heavy atom. The van der Waals surface area contributed by atoms with E-state index in [9.17, 15) is 13.2 Å². The van der Waals surface area contributed by atoms with E-state index >= 15 is 0 Å². The number of hydrogen-bond donors (Lipinski definition) is 1. The highest BCUT2D eigenvalue weighted by Crippen LogP contribution is 2.31. The molecule has 1 saturated heterocycles. The van der Waals surface area contributed by atoms with Gasteiger partial charge in [-0.05, 0) is 43.9 Å². The average molecular weight is 297 g/mol. The van der Waals surface area contributed by atoms with E-state index in [1.807, 2.05) is 13.8 Å². The number of aromatic carboxylic acids is 1. The smallest absolute Gasteiger partial charge is 0.335 e. The normalized spacial score (nSPS) is 23.9. The van der Waals surface area contributed by atoms with Crippen LogP contribution in [0.2, 0.25) is 0 Å². The summed E-state index contributed by atoms with van der Waals surface area (Å²) in [5.41, 5.74) is 0.331. The van der Waals surface area contributed by atoms with E-state index in [1.165, 1.54) is 22.5 Å². The van der Waals surface area contributed by atoms with E-state index in [4.69, 9.17) is 5.11 Å². The van der Waals surface area contributed by atoms with E-state index < -0.39 is 16.0 Å². The van der Waals surface area contributed by atoms with Gasteiger partial charge in [-0.2, -0.15) is 4.31 Å². The van der Waals surface area contributed by atoms with Gasteiger partial charge in [0.2, 0.25) is 10.0 Å². The zero-order valence-corrected chi connectivity index (χ0v) is 12.6. The summed E-state index contributed by atoms with van der Waals surface area (Å²) < 4.78 is 26.9. The topological polar surface area (TPSA) is 74.7 Å². The van der Waals surface area contributed by atoms with Crippen LogP contribution in [0.15, 0.2) is 23.1 Å².